The van der Waals surface area contributed by atoms with E-state index in [1.807, 2.05) is 14.1 Å². The minimum Gasteiger partial charge on any atom is -0.454 e. The molecule has 2 N–H and O–H groups in total. The van der Waals surface area contributed by atoms with Gasteiger partial charge in [-0.2, -0.15) is 0 Å². The van der Waals surface area contributed by atoms with Gasteiger partial charge in [-0.15, -0.1) is 0 Å². The highest BCUT2D eigenvalue weighted by molar-refractivity contribution is 5.97. The summed E-state index contributed by atoms with van der Waals surface area (Å²) in [5.74, 6) is 0.606. The second-order valence-electron chi connectivity index (χ2n) is 9.53. The van der Waals surface area contributed by atoms with Gasteiger partial charge in [-0.25, -0.2) is 0 Å². The highest BCUT2D eigenvalue weighted by Crippen LogP contribution is 2.32. The molecule has 3 rings (SSSR count). The molecule has 2 heterocycles. The van der Waals surface area contributed by atoms with Crippen molar-refractivity contribution in [3.05, 3.63) is 23.8 Å². The second kappa shape index (κ2) is 10.2. The third-order valence-corrected chi connectivity index (χ3v) is 5.74. The highest BCUT2D eigenvalue weighted by atomic mass is 16.7. The van der Waals surface area contributed by atoms with Gasteiger partial charge in [0.2, 0.25) is 18.6 Å². The first-order valence-corrected chi connectivity index (χ1v) is 11.0. The summed E-state index contributed by atoms with van der Waals surface area (Å²) in [5.41, 5.74) is 0.404. The van der Waals surface area contributed by atoms with E-state index in [9.17, 15) is 14.4 Å². The third kappa shape index (κ3) is 6.35. The van der Waals surface area contributed by atoms with E-state index in [0.717, 1.165) is 6.54 Å². The lowest BCUT2D eigenvalue weighted by molar-refractivity contribution is -0.134. The van der Waals surface area contributed by atoms with E-state index in [2.05, 4.69) is 29.4 Å². The van der Waals surface area contributed by atoms with Crippen LogP contribution in [0.2, 0.25) is 0 Å². The summed E-state index contributed by atoms with van der Waals surface area (Å²) >= 11 is 0. The Bertz CT molecular complexity index is 847. The van der Waals surface area contributed by atoms with E-state index in [-0.39, 0.29) is 42.4 Å². The van der Waals surface area contributed by atoms with E-state index in [1.54, 1.807) is 23.1 Å². The Hall–Kier alpha value is -2.81. The Morgan fingerprint density at radius 3 is 2.47 bits per heavy atom. The van der Waals surface area contributed by atoms with E-state index in [1.165, 1.54) is 0 Å². The van der Waals surface area contributed by atoms with Gasteiger partial charge >= 0.3 is 0 Å². The zero-order valence-electron chi connectivity index (χ0n) is 19.4. The molecule has 3 amide bonds. The standard InChI is InChI=1S/C23H34N4O5/c1-23(2,14-26(3)4)13-25-21(29)16-7-9-27(10-8-16)20(28)12-24-22(30)17-5-6-18-19(11-17)32-15-31-18/h5-6,11,16H,7-10,12-15H2,1-4H3,(H,24,30)(H,25,29). The predicted molar refractivity (Wildman–Crippen MR) is 120 cm³/mol. The molecule has 0 aromatic heterocycles. The molecule has 1 saturated heterocycles. The molecule has 9 heteroatoms. The van der Waals surface area contributed by atoms with Crippen LogP contribution in [0.15, 0.2) is 18.2 Å². The average molecular weight is 447 g/mol. The summed E-state index contributed by atoms with van der Waals surface area (Å²) in [7, 11) is 4.04. The summed E-state index contributed by atoms with van der Waals surface area (Å²) in [6, 6.07) is 4.92. The first kappa shape index (κ1) is 23.8. The second-order valence-corrected chi connectivity index (χ2v) is 9.53. The number of ether oxygens (including phenoxy) is 2. The first-order chi connectivity index (χ1) is 15.1. The number of piperidine rings is 1. The summed E-state index contributed by atoms with van der Waals surface area (Å²) < 4.78 is 10.5. The molecule has 2 aliphatic heterocycles. The number of fused-ring (bicyclic) bond motifs is 1. The number of benzene rings is 1. The van der Waals surface area contributed by atoms with Gasteiger partial charge in [-0.1, -0.05) is 13.8 Å². The van der Waals surface area contributed by atoms with Crippen molar-refractivity contribution in [2.75, 3.05) is 53.6 Å². The van der Waals surface area contributed by atoms with Gasteiger partial charge in [-0.05, 0) is 50.6 Å². The molecule has 1 aromatic rings. The molecule has 0 aliphatic carbocycles. The van der Waals surface area contributed by atoms with E-state index in [4.69, 9.17) is 9.47 Å². The summed E-state index contributed by atoms with van der Waals surface area (Å²) in [6.07, 6.45) is 1.25. The number of nitrogens with one attached hydrogen (secondary N) is 2. The minimum atomic E-state index is -0.341. The monoisotopic (exact) mass is 446 g/mol. The molecule has 0 saturated carbocycles. The first-order valence-electron chi connectivity index (χ1n) is 11.0. The zero-order chi connectivity index (χ0) is 23.3. The van der Waals surface area contributed by atoms with Gasteiger partial charge in [0.15, 0.2) is 11.5 Å². The lowest BCUT2D eigenvalue weighted by atomic mass is 9.91. The van der Waals surface area contributed by atoms with Crippen molar-refractivity contribution in [1.29, 1.82) is 0 Å². The van der Waals surface area contributed by atoms with Crippen molar-refractivity contribution in [3.63, 3.8) is 0 Å². The molecule has 0 unspecified atom stereocenters. The summed E-state index contributed by atoms with van der Waals surface area (Å²) in [6.45, 7) is 6.85. The van der Waals surface area contributed by atoms with Crippen LogP contribution in [0.3, 0.4) is 0 Å². The third-order valence-electron chi connectivity index (χ3n) is 5.74. The van der Waals surface area contributed by atoms with Crippen LogP contribution in [0.4, 0.5) is 0 Å². The Morgan fingerprint density at radius 1 is 1.09 bits per heavy atom. The van der Waals surface area contributed by atoms with Crippen LogP contribution in [0.5, 0.6) is 11.5 Å². The number of carbonyl (C=O) groups excluding carboxylic acids is 3. The Morgan fingerprint density at radius 2 is 1.78 bits per heavy atom. The molecule has 0 radical (unpaired) electrons. The fraction of sp³-hybridized carbons (Fsp3) is 0.609. The number of likely N-dealkylation sites (tertiary alicyclic amines) is 1. The number of amides is 3. The van der Waals surface area contributed by atoms with E-state index < -0.39 is 0 Å². The Balaban J connectivity index is 1.39. The number of carbonyl (C=O) groups is 3. The fourth-order valence-electron chi connectivity index (χ4n) is 4.18. The molecule has 32 heavy (non-hydrogen) atoms. The maximum absolute atomic E-state index is 12.6. The van der Waals surface area contributed by atoms with Gasteiger partial charge in [0, 0.05) is 37.7 Å². The lowest BCUT2D eigenvalue weighted by Crippen LogP contribution is -2.47. The van der Waals surface area contributed by atoms with E-state index in [0.29, 0.717) is 49.5 Å². The van der Waals surface area contributed by atoms with Crippen molar-refractivity contribution in [2.45, 2.75) is 26.7 Å². The fourth-order valence-corrected chi connectivity index (χ4v) is 4.18. The van der Waals surface area contributed by atoms with Gasteiger partial charge in [0.1, 0.15) is 0 Å². The normalized spacial score (nSPS) is 16.2. The number of nitrogens with zero attached hydrogens (tertiary/aromatic N) is 2. The lowest BCUT2D eigenvalue weighted by Gasteiger charge is -2.33. The quantitative estimate of drug-likeness (QED) is 0.620. The molecular formula is C23H34N4O5. The topological polar surface area (TPSA) is 100 Å². The van der Waals surface area contributed by atoms with Crippen molar-refractivity contribution in [1.82, 2.24) is 20.4 Å². The van der Waals surface area contributed by atoms with Crippen molar-refractivity contribution >= 4 is 17.7 Å². The van der Waals surface area contributed by atoms with Crippen LogP contribution in [-0.4, -0.2) is 81.1 Å². The van der Waals surface area contributed by atoms with Crippen LogP contribution >= 0.6 is 0 Å². The zero-order valence-corrected chi connectivity index (χ0v) is 19.4. The Kier molecular flexibility index (Phi) is 7.60. The van der Waals surface area contributed by atoms with Crippen LogP contribution < -0.4 is 20.1 Å². The van der Waals surface area contributed by atoms with Crippen LogP contribution in [-0.2, 0) is 9.59 Å². The molecule has 0 atom stereocenters. The molecule has 9 nitrogen and oxygen atoms in total. The van der Waals surface area contributed by atoms with Crippen molar-refractivity contribution < 1.29 is 23.9 Å². The van der Waals surface area contributed by atoms with Crippen LogP contribution in [0.1, 0.15) is 37.0 Å². The molecule has 1 fully saturated rings. The summed E-state index contributed by atoms with van der Waals surface area (Å²) in [5, 5.41) is 5.74. The van der Waals surface area contributed by atoms with Crippen molar-refractivity contribution in [2.24, 2.45) is 11.3 Å². The Labute approximate surface area is 189 Å². The molecule has 176 valence electrons. The molecule has 0 spiro atoms. The smallest absolute Gasteiger partial charge is 0.251 e. The van der Waals surface area contributed by atoms with Crippen LogP contribution in [0.25, 0.3) is 0 Å². The van der Waals surface area contributed by atoms with E-state index >= 15 is 0 Å². The summed E-state index contributed by atoms with van der Waals surface area (Å²) in [4.78, 5) is 41.3. The molecule has 2 aliphatic rings. The van der Waals surface area contributed by atoms with Gasteiger partial charge in [0.05, 0.1) is 6.54 Å². The van der Waals surface area contributed by atoms with Crippen molar-refractivity contribution in [3.8, 4) is 11.5 Å². The maximum Gasteiger partial charge on any atom is 0.251 e. The minimum absolute atomic E-state index is 0.00792. The number of hydrogen-bond donors (Lipinski definition) is 2. The maximum atomic E-state index is 12.6. The van der Waals surface area contributed by atoms with Gasteiger partial charge in [-0.3, -0.25) is 14.4 Å². The molecule has 1 aromatic carbocycles. The van der Waals surface area contributed by atoms with Gasteiger partial charge in [0.25, 0.3) is 5.91 Å². The average Bonchev–Trinajstić information content (AvgIpc) is 3.22. The predicted octanol–water partition coefficient (Wildman–Crippen LogP) is 1.09. The largest absolute Gasteiger partial charge is 0.454 e. The number of rotatable bonds is 8. The number of hydrogen-bond acceptors (Lipinski definition) is 6. The van der Waals surface area contributed by atoms with Gasteiger partial charge < -0.3 is 29.9 Å². The molecule has 0 bridgehead atoms. The SMILES string of the molecule is CN(C)CC(C)(C)CNC(=O)C1CCN(C(=O)CNC(=O)c2ccc3c(c2)OCO3)CC1. The highest BCUT2D eigenvalue weighted by Gasteiger charge is 2.29. The van der Waals surface area contributed by atoms with Crippen LogP contribution in [0, 0.1) is 11.3 Å². The molecular weight excluding hydrogens is 412 g/mol.